The summed E-state index contributed by atoms with van der Waals surface area (Å²) in [7, 11) is 0. The molecule has 0 radical (unpaired) electrons. The first kappa shape index (κ1) is 27.1. The lowest BCUT2D eigenvalue weighted by Crippen LogP contribution is -2.55. The van der Waals surface area contributed by atoms with Crippen molar-refractivity contribution in [2.45, 2.75) is 89.1 Å². The van der Waals surface area contributed by atoms with Crippen molar-refractivity contribution in [1.29, 1.82) is 0 Å². The molecule has 0 spiro atoms. The van der Waals surface area contributed by atoms with Gasteiger partial charge in [0, 0.05) is 6.54 Å². The predicted octanol–water partition coefficient (Wildman–Crippen LogP) is 6.58. The highest BCUT2D eigenvalue weighted by atomic mass is 16.3. The number of aliphatic hydroxyl groups is 1. The van der Waals surface area contributed by atoms with Crippen LogP contribution in [0.4, 0.5) is 0 Å². The molecule has 0 aliphatic carbocycles. The maximum absolute atomic E-state index is 14.4. The second-order valence-corrected chi connectivity index (χ2v) is 10.5. The fourth-order valence-electron chi connectivity index (χ4n) is 5.73. The van der Waals surface area contributed by atoms with Gasteiger partial charge < -0.3 is 10.0 Å². The van der Waals surface area contributed by atoms with Crippen LogP contribution in [0, 0.1) is 0 Å². The molecule has 0 aromatic heterocycles. The molecule has 1 fully saturated rings. The molecule has 0 bridgehead atoms. The van der Waals surface area contributed by atoms with Gasteiger partial charge in [-0.1, -0.05) is 131 Å². The highest BCUT2D eigenvalue weighted by Crippen LogP contribution is 2.41. The number of aryl methyl sites for hydroxylation is 1. The minimum absolute atomic E-state index is 0.00419. The number of rotatable bonds is 13. The number of hydrogen-bond acceptors (Lipinski definition) is 3. The van der Waals surface area contributed by atoms with Gasteiger partial charge in [0.2, 0.25) is 5.91 Å². The van der Waals surface area contributed by atoms with Crippen molar-refractivity contribution in [2.75, 3.05) is 0 Å². The Bertz CT molecular complexity index is 1090. The van der Waals surface area contributed by atoms with Crippen molar-refractivity contribution >= 4 is 5.91 Å². The molecular weight excluding hydrogens is 456 g/mol. The second-order valence-electron chi connectivity index (χ2n) is 10.5. The van der Waals surface area contributed by atoms with Gasteiger partial charge in [0.05, 0.1) is 5.66 Å². The fraction of sp³-hybridized carbons (Fsp3) is 0.424. The van der Waals surface area contributed by atoms with Crippen LogP contribution in [0.2, 0.25) is 0 Å². The van der Waals surface area contributed by atoms with E-state index in [1.165, 1.54) is 0 Å². The lowest BCUT2D eigenvalue weighted by Gasteiger charge is -2.39. The van der Waals surface area contributed by atoms with Crippen LogP contribution in [0.5, 0.6) is 0 Å². The first-order chi connectivity index (χ1) is 18.0. The molecule has 1 saturated heterocycles. The monoisotopic (exact) mass is 498 g/mol. The summed E-state index contributed by atoms with van der Waals surface area (Å²) < 4.78 is 0. The highest BCUT2D eigenvalue weighted by molar-refractivity contribution is 5.87. The van der Waals surface area contributed by atoms with E-state index in [-0.39, 0.29) is 5.91 Å². The molecule has 2 atom stereocenters. The van der Waals surface area contributed by atoms with E-state index in [4.69, 9.17) is 0 Å². The molecule has 4 nitrogen and oxygen atoms in total. The van der Waals surface area contributed by atoms with Gasteiger partial charge in [-0.25, -0.2) is 0 Å². The Morgan fingerprint density at radius 3 is 1.86 bits per heavy atom. The molecule has 196 valence electrons. The summed E-state index contributed by atoms with van der Waals surface area (Å²) in [6.45, 7) is 4.94. The summed E-state index contributed by atoms with van der Waals surface area (Å²) in [5, 5.41) is 16.3. The van der Waals surface area contributed by atoms with Gasteiger partial charge in [0.1, 0.15) is 11.6 Å². The molecule has 0 unspecified atom stereocenters. The molecule has 1 aliphatic heterocycles. The van der Waals surface area contributed by atoms with E-state index < -0.39 is 17.3 Å². The van der Waals surface area contributed by atoms with Crippen molar-refractivity contribution in [1.82, 2.24) is 10.2 Å². The number of hydrogen-bond donors (Lipinski definition) is 2. The zero-order chi connectivity index (χ0) is 26.1. The van der Waals surface area contributed by atoms with Crippen molar-refractivity contribution in [2.24, 2.45) is 0 Å². The molecular formula is C33H42N2O2. The summed E-state index contributed by atoms with van der Waals surface area (Å²) in [5.41, 5.74) is 1.26. The number of carbonyl (C=O) groups excluding carboxylic acids is 1. The Morgan fingerprint density at radius 2 is 1.32 bits per heavy atom. The largest absolute Gasteiger partial charge is 0.383 e. The third kappa shape index (κ3) is 6.14. The van der Waals surface area contributed by atoms with Crippen molar-refractivity contribution in [3.05, 3.63) is 108 Å². The molecule has 1 heterocycles. The predicted molar refractivity (Wildman–Crippen MR) is 151 cm³/mol. The van der Waals surface area contributed by atoms with Crippen LogP contribution >= 0.6 is 0 Å². The number of benzene rings is 3. The normalized spacial score (nSPS) is 18.6. The van der Waals surface area contributed by atoms with E-state index in [1.807, 2.05) is 66.7 Å². The molecule has 1 amide bonds. The van der Waals surface area contributed by atoms with Crippen molar-refractivity contribution in [3.8, 4) is 0 Å². The summed E-state index contributed by atoms with van der Waals surface area (Å²) in [6, 6.07) is 29.5. The quantitative estimate of drug-likeness (QED) is 0.280. The van der Waals surface area contributed by atoms with Crippen LogP contribution in [-0.2, 0) is 23.4 Å². The van der Waals surface area contributed by atoms with E-state index in [1.54, 1.807) is 0 Å². The zero-order valence-electron chi connectivity index (χ0n) is 22.4. The molecule has 4 heteroatoms. The molecule has 1 aliphatic rings. The fourth-order valence-corrected chi connectivity index (χ4v) is 5.73. The van der Waals surface area contributed by atoms with Crippen molar-refractivity contribution in [3.63, 3.8) is 0 Å². The van der Waals surface area contributed by atoms with Gasteiger partial charge >= 0.3 is 0 Å². The van der Waals surface area contributed by atoms with Gasteiger partial charge in [-0.2, -0.15) is 0 Å². The van der Waals surface area contributed by atoms with Gasteiger partial charge in [-0.3, -0.25) is 10.1 Å². The van der Waals surface area contributed by atoms with E-state index in [0.29, 0.717) is 19.4 Å². The molecule has 4 rings (SSSR count). The molecule has 0 saturated carbocycles. The average molecular weight is 499 g/mol. The average Bonchev–Trinajstić information content (AvgIpc) is 3.22. The third-order valence-corrected chi connectivity index (χ3v) is 7.90. The van der Waals surface area contributed by atoms with E-state index in [2.05, 4.69) is 48.3 Å². The summed E-state index contributed by atoms with van der Waals surface area (Å²) in [4.78, 5) is 16.4. The highest BCUT2D eigenvalue weighted by Gasteiger charge is 2.56. The Morgan fingerprint density at radius 1 is 0.811 bits per heavy atom. The standard InChI is InChI=1S/C33H42N2O2/c1-3-5-23-32(24-6-4-2)34-30(31(36)35(32)26-28-18-12-8-13-19-28)33(37,29-20-14-9-15-21-29)25-22-27-16-10-7-11-17-27/h7-21,30,34,37H,3-6,22-26H2,1-2H3/t30-,33-/m1/s1. The summed E-state index contributed by atoms with van der Waals surface area (Å²) in [6.07, 6.45) is 7.07. The summed E-state index contributed by atoms with van der Waals surface area (Å²) >= 11 is 0. The first-order valence-corrected chi connectivity index (χ1v) is 14.0. The zero-order valence-corrected chi connectivity index (χ0v) is 22.4. The molecule has 3 aromatic carbocycles. The lowest BCUT2D eigenvalue weighted by atomic mass is 9.81. The third-order valence-electron chi connectivity index (χ3n) is 7.90. The molecule has 3 aromatic rings. The Hall–Kier alpha value is -2.95. The maximum Gasteiger partial charge on any atom is 0.244 e. The van der Waals surface area contributed by atoms with Gasteiger partial charge in [-0.05, 0) is 42.4 Å². The van der Waals surface area contributed by atoms with Crippen LogP contribution in [-0.4, -0.2) is 27.6 Å². The maximum atomic E-state index is 14.4. The van der Waals surface area contributed by atoms with E-state index in [0.717, 1.165) is 55.2 Å². The van der Waals surface area contributed by atoms with Gasteiger partial charge in [0.25, 0.3) is 0 Å². The SMILES string of the molecule is CCCCC1(CCCC)N[C@@H]([C@@](O)(CCc2ccccc2)c2ccccc2)C(=O)N1Cc1ccccc1. The lowest BCUT2D eigenvalue weighted by molar-refractivity contribution is -0.138. The molecule has 2 N–H and O–H groups in total. The van der Waals surface area contributed by atoms with Crippen LogP contribution in [0.25, 0.3) is 0 Å². The minimum atomic E-state index is -1.33. The number of carbonyl (C=O) groups is 1. The van der Waals surface area contributed by atoms with E-state index in [9.17, 15) is 9.90 Å². The van der Waals surface area contributed by atoms with Crippen LogP contribution in [0.3, 0.4) is 0 Å². The van der Waals surface area contributed by atoms with Crippen LogP contribution in [0.15, 0.2) is 91.0 Å². The Labute approximate surface area is 222 Å². The molecule has 37 heavy (non-hydrogen) atoms. The number of nitrogens with one attached hydrogen (secondary N) is 1. The number of amides is 1. The Kier molecular flexibility index (Phi) is 9.18. The van der Waals surface area contributed by atoms with Gasteiger partial charge in [0.15, 0.2) is 0 Å². The van der Waals surface area contributed by atoms with Crippen molar-refractivity contribution < 1.29 is 9.90 Å². The summed E-state index contributed by atoms with van der Waals surface area (Å²) in [5.74, 6) is -0.00419. The van der Waals surface area contributed by atoms with Crippen LogP contribution in [0.1, 0.15) is 75.5 Å². The van der Waals surface area contributed by atoms with Crippen LogP contribution < -0.4 is 5.32 Å². The minimum Gasteiger partial charge on any atom is -0.383 e. The smallest absolute Gasteiger partial charge is 0.244 e. The van der Waals surface area contributed by atoms with Gasteiger partial charge in [-0.15, -0.1) is 0 Å². The number of nitrogens with zero attached hydrogens (tertiary/aromatic N) is 1. The number of unbranched alkanes of at least 4 members (excludes halogenated alkanes) is 2. The second kappa shape index (κ2) is 12.5. The first-order valence-electron chi connectivity index (χ1n) is 14.0. The van der Waals surface area contributed by atoms with E-state index >= 15 is 0 Å². The topological polar surface area (TPSA) is 52.6 Å². The Balaban J connectivity index is 1.74.